The summed E-state index contributed by atoms with van der Waals surface area (Å²) in [6.07, 6.45) is 12.5. The summed E-state index contributed by atoms with van der Waals surface area (Å²) < 4.78 is 0. The van der Waals surface area contributed by atoms with Gasteiger partial charge in [0.25, 0.3) is 0 Å². The van der Waals surface area contributed by atoms with E-state index in [0.29, 0.717) is 5.92 Å². The third-order valence-electron chi connectivity index (χ3n) is 5.43. The summed E-state index contributed by atoms with van der Waals surface area (Å²) in [7, 11) is 0. The summed E-state index contributed by atoms with van der Waals surface area (Å²) >= 11 is 0. The zero-order valence-corrected chi connectivity index (χ0v) is 9.70. The van der Waals surface area contributed by atoms with Gasteiger partial charge >= 0.3 is 0 Å². The quantitative estimate of drug-likeness (QED) is 0.647. The zero-order chi connectivity index (χ0) is 10.3. The predicted octanol–water partition coefficient (Wildman–Crippen LogP) is 3.36. The van der Waals surface area contributed by atoms with Crippen LogP contribution in [0, 0.1) is 23.7 Å². The summed E-state index contributed by atoms with van der Waals surface area (Å²) in [5, 5.41) is 10.2. The van der Waals surface area contributed by atoms with E-state index in [1.54, 1.807) is 0 Å². The van der Waals surface area contributed by atoms with Crippen LogP contribution in [0.3, 0.4) is 0 Å². The van der Waals surface area contributed by atoms with E-state index < -0.39 is 0 Å². The molecular weight excluding hydrogens is 184 g/mol. The monoisotopic (exact) mass is 208 g/mol. The molecule has 1 N–H and O–H groups in total. The van der Waals surface area contributed by atoms with E-state index in [4.69, 9.17) is 0 Å². The van der Waals surface area contributed by atoms with E-state index in [0.717, 1.165) is 24.2 Å². The van der Waals surface area contributed by atoms with E-state index in [9.17, 15) is 5.11 Å². The van der Waals surface area contributed by atoms with Crippen LogP contribution in [-0.2, 0) is 0 Å². The Morgan fingerprint density at radius 3 is 2.07 bits per heavy atom. The summed E-state index contributed by atoms with van der Waals surface area (Å²) in [5.74, 6) is 3.45. The van der Waals surface area contributed by atoms with Crippen LogP contribution in [0.25, 0.3) is 0 Å². The molecule has 0 aromatic rings. The average Bonchev–Trinajstić information content (AvgIpc) is 2.30. The van der Waals surface area contributed by atoms with Crippen molar-refractivity contribution < 1.29 is 5.11 Å². The highest BCUT2D eigenvalue weighted by molar-refractivity contribution is 4.95. The molecule has 5 atom stereocenters. The molecule has 0 radical (unpaired) electrons. The highest BCUT2D eigenvalue weighted by Crippen LogP contribution is 2.51. The Labute approximate surface area is 93.3 Å². The van der Waals surface area contributed by atoms with Crippen molar-refractivity contribution in [2.24, 2.45) is 23.7 Å². The molecule has 3 fully saturated rings. The third-order valence-corrected chi connectivity index (χ3v) is 5.43. The smallest absolute Gasteiger partial charge is 0.0573 e. The van der Waals surface area contributed by atoms with E-state index >= 15 is 0 Å². The van der Waals surface area contributed by atoms with Crippen molar-refractivity contribution in [2.45, 2.75) is 63.9 Å². The fraction of sp³-hybridized carbons (Fsp3) is 1.00. The summed E-state index contributed by atoms with van der Waals surface area (Å²) in [6.45, 7) is 0. The molecular formula is C14H24O. The maximum Gasteiger partial charge on any atom is 0.0573 e. The predicted molar refractivity (Wildman–Crippen MR) is 61.5 cm³/mol. The maximum atomic E-state index is 10.2. The lowest BCUT2D eigenvalue weighted by Gasteiger charge is -2.50. The SMILES string of the molecule is O[C@H]1C[C@H]2CCCC[C@H]2[C@H]2CCCC[C@@H]21. The molecule has 3 aliphatic carbocycles. The zero-order valence-electron chi connectivity index (χ0n) is 9.70. The van der Waals surface area contributed by atoms with Gasteiger partial charge in [-0.05, 0) is 49.4 Å². The van der Waals surface area contributed by atoms with E-state index in [1.165, 1.54) is 51.4 Å². The highest BCUT2D eigenvalue weighted by atomic mass is 16.3. The van der Waals surface area contributed by atoms with Crippen LogP contribution in [0.1, 0.15) is 57.8 Å². The first-order chi connectivity index (χ1) is 7.36. The van der Waals surface area contributed by atoms with E-state index in [-0.39, 0.29) is 6.10 Å². The van der Waals surface area contributed by atoms with Crippen molar-refractivity contribution in [1.82, 2.24) is 0 Å². The Balaban J connectivity index is 1.79. The van der Waals surface area contributed by atoms with Crippen molar-refractivity contribution in [3.05, 3.63) is 0 Å². The first-order valence-corrected chi connectivity index (χ1v) is 7.04. The van der Waals surface area contributed by atoms with Crippen molar-refractivity contribution in [3.63, 3.8) is 0 Å². The minimum atomic E-state index is 0.0506. The molecule has 0 aromatic carbocycles. The van der Waals surface area contributed by atoms with Gasteiger partial charge in [0.2, 0.25) is 0 Å². The van der Waals surface area contributed by atoms with Crippen molar-refractivity contribution in [3.8, 4) is 0 Å². The molecule has 0 aliphatic heterocycles. The van der Waals surface area contributed by atoms with Crippen LogP contribution in [-0.4, -0.2) is 11.2 Å². The van der Waals surface area contributed by atoms with Gasteiger partial charge in [0.1, 0.15) is 0 Å². The molecule has 1 nitrogen and oxygen atoms in total. The molecule has 0 amide bonds. The molecule has 0 bridgehead atoms. The van der Waals surface area contributed by atoms with Gasteiger partial charge in [0.15, 0.2) is 0 Å². The molecule has 0 heterocycles. The maximum absolute atomic E-state index is 10.2. The van der Waals surface area contributed by atoms with Gasteiger partial charge in [0, 0.05) is 0 Å². The van der Waals surface area contributed by atoms with Gasteiger partial charge in [0.05, 0.1) is 6.10 Å². The standard InChI is InChI=1S/C14H24O/c15-14-9-10-5-1-2-6-11(10)12-7-3-4-8-13(12)14/h10-15H,1-9H2/t10-,11-,12-,13+,14+/m1/s1. The Hall–Kier alpha value is -0.0400. The number of hydrogen-bond donors (Lipinski definition) is 1. The highest BCUT2D eigenvalue weighted by Gasteiger charge is 2.44. The molecule has 0 spiro atoms. The van der Waals surface area contributed by atoms with Crippen LogP contribution >= 0.6 is 0 Å². The van der Waals surface area contributed by atoms with Gasteiger partial charge in [-0.2, -0.15) is 0 Å². The lowest BCUT2D eigenvalue weighted by molar-refractivity contribution is -0.0642. The summed E-state index contributed by atoms with van der Waals surface area (Å²) in [4.78, 5) is 0. The van der Waals surface area contributed by atoms with Crippen LogP contribution in [0.15, 0.2) is 0 Å². The molecule has 3 aliphatic rings. The van der Waals surface area contributed by atoms with Gasteiger partial charge < -0.3 is 5.11 Å². The first-order valence-electron chi connectivity index (χ1n) is 7.04. The van der Waals surface area contributed by atoms with E-state index in [2.05, 4.69) is 0 Å². The van der Waals surface area contributed by atoms with Crippen LogP contribution in [0.5, 0.6) is 0 Å². The second-order valence-electron chi connectivity index (χ2n) is 6.12. The van der Waals surface area contributed by atoms with Gasteiger partial charge in [-0.25, -0.2) is 0 Å². The third kappa shape index (κ3) is 1.73. The lowest BCUT2D eigenvalue weighted by Crippen LogP contribution is -2.45. The first kappa shape index (κ1) is 10.1. The van der Waals surface area contributed by atoms with Crippen LogP contribution < -0.4 is 0 Å². The van der Waals surface area contributed by atoms with Crippen molar-refractivity contribution >= 4 is 0 Å². The van der Waals surface area contributed by atoms with Crippen LogP contribution in [0.4, 0.5) is 0 Å². The Bertz CT molecular complexity index is 225. The average molecular weight is 208 g/mol. The lowest BCUT2D eigenvalue weighted by atomic mass is 9.57. The van der Waals surface area contributed by atoms with Gasteiger partial charge in [-0.15, -0.1) is 0 Å². The topological polar surface area (TPSA) is 20.2 Å². The molecule has 3 saturated carbocycles. The molecule has 0 unspecified atom stereocenters. The fourth-order valence-corrected chi connectivity index (χ4v) is 4.78. The number of aliphatic hydroxyl groups is 1. The van der Waals surface area contributed by atoms with Gasteiger partial charge in [-0.1, -0.05) is 32.1 Å². The van der Waals surface area contributed by atoms with E-state index in [1.807, 2.05) is 0 Å². The largest absolute Gasteiger partial charge is 0.393 e. The Kier molecular flexibility index (Phi) is 2.76. The number of aliphatic hydroxyl groups excluding tert-OH is 1. The molecule has 3 rings (SSSR count). The molecule has 1 heteroatoms. The van der Waals surface area contributed by atoms with Crippen molar-refractivity contribution in [1.29, 1.82) is 0 Å². The summed E-state index contributed by atoms with van der Waals surface area (Å²) in [6, 6.07) is 0. The normalized spacial score (nSPS) is 50.6. The Morgan fingerprint density at radius 1 is 0.667 bits per heavy atom. The molecule has 15 heavy (non-hydrogen) atoms. The molecule has 86 valence electrons. The minimum Gasteiger partial charge on any atom is -0.393 e. The van der Waals surface area contributed by atoms with Gasteiger partial charge in [-0.3, -0.25) is 0 Å². The molecule has 0 saturated heterocycles. The Morgan fingerprint density at radius 2 is 1.27 bits per heavy atom. The molecule has 0 aromatic heterocycles. The second kappa shape index (κ2) is 4.08. The second-order valence-corrected chi connectivity index (χ2v) is 6.12. The minimum absolute atomic E-state index is 0.0506. The fourth-order valence-electron chi connectivity index (χ4n) is 4.78. The number of hydrogen-bond acceptors (Lipinski definition) is 1. The summed E-state index contributed by atoms with van der Waals surface area (Å²) in [5.41, 5.74) is 0. The van der Waals surface area contributed by atoms with Crippen LogP contribution in [0.2, 0.25) is 0 Å². The van der Waals surface area contributed by atoms with Crippen molar-refractivity contribution in [2.75, 3.05) is 0 Å². The number of rotatable bonds is 0. The number of fused-ring (bicyclic) bond motifs is 3.